The van der Waals surface area contributed by atoms with Crippen molar-refractivity contribution in [2.75, 3.05) is 6.61 Å². The third-order valence-corrected chi connectivity index (χ3v) is 3.05. The van der Waals surface area contributed by atoms with Crippen LogP contribution in [0.2, 0.25) is 0 Å². The van der Waals surface area contributed by atoms with Crippen molar-refractivity contribution in [3.8, 4) is 0 Å². The van der Waals surface area contributed by atoms with E-state index in [0.717, 1.165) is 5.56 Å². The van der Waals surface area contributed by atoms with E-state index in [1.54, 1.807) is 6.07 Å². The molecule has 1 aromatic carbocycles. The number of aliphatic hydroxyl groups is 1. The maximum Gasteiger partial charge on any atom is 0.417 e. The number of hydrogen-bond donors (Lipinski definition) is 3. The van der Waals surface area contributed by atoms with Crippen molar-refractivity contribution < 1.29 is 9.52 Å². The Morgan fingerprint density at radius 3 is 2.89 bits per heavy atom. The quantitative estimate of drug-likeness (QED) is 0.745. The molecule has 0 saturated carbocycles. The number of aliphatic hydroxyl groups excluding tert-OH is 1. The molecule has 2 aromatic rings. The highest BCUT2D eigenvalue weighted by atomic mass is 16.4. The van der Waals surface area contributed by atoms with Crippen molar-refractivity contribution in [3.63, 3.8) is 0 Å². The minimum Gasteiger partial charge on any atom is -0.408 e. The molecule has 2 rings (SSSR count). The number of fused-ring (bicyclic) bond motifs is 1. The van der Waals surface area contributed by atoms with Crippen LogP contribution in [0.1, 0.15) is 19.4 Å². The fourth-order valence-electron chi connectivity index (χ4n) is 1.87. The highest BCUT2D eigenvalue weighted by Gasteiger charge is 2.11. The van der Waals surface area contributed by atoms with Gasteiger partial charge in [0.15, 0.2) is 5.58 Å². The number of benzene rings is 1. The van der Waals surface area contributed by atoms with Crippen LogP contribution >= 0.6 is 0 Å². The van der Waals surface area contributed by atoms with E-state index in [1.807, 2.05) is 12.1 Å². The van der Waals surface area contributed by atoms with E-state index in [9.17, 15) is 9.90 Å². The van der Waals surface area contributed by atoms with Gasteiger partial charge in [0, 0.05) is 12.6 Å². The molecule has 3 N–H and O–H groups in total. The monoisotopic (exact) mass is 250 g/mol. The van der Waals surface area contributed by atoms with Gasteiger partial charge in [-0.05, 0) is 23.6 Å². The molecule has 1 atom stereocenters. The van der Waals surface area contributed by atoms with Crippen molar-refractivity contribution in [2.24, 2.45) is 5.92 Å². The Hall–Kier alpha value is -1.59. The standard InChI is InChI=1S/C13H18N2O3/c1-8(2)11(7-16)14-6-9-3-4-12-10(5-9)15-13(17)18-12/h3-5,8,11,14,16H,6-7H2,1-2H3,(H,15,17). The van der Waals surface area contributed by atoms with Crippen molar-refractivity contribution in [1.82, 2.24) is 10.3 Å². The van der Waals surface area contributed by atoms with Gasteiger partial charge in [-0.3, -0.25) is 4.98 Å². The highest BCUT2D eigenvalue weighted by Crippen LogP contribution is 2.12. The van der Waals surface area contributed by atoms with Crippen LogP contribution in [-0.2, 0) is 6.54 Å². The van der Waals surface area contributed by atoms with E-state index in [1.165, 1.54) is 0 Å². The average molecular weight is 250 g/mol. The van der Waals surface area contributed by atoms with Crippen LogP contribution < -0.4 is 11.1 Å². The van der Waals surface area contributed by atoms with E-state index in [2.05, 4.69) is 24.1 Å². The maximum absolute atomic E-state index is 11.0. The summed E-state index contributed by atoms with van der Waals surface area (Å²) in [7, 11) is 0. The van der Waals surface area contributed by atoms with Crippen LogP contribution in [0.25, 0.3) is 11.1 Å². The molecule has 18 heavy (non-hydrogen) atoms. The lowest BCUT2D eigenvalue weighted by Crippen LogP contribution is -2.36. The second-order valence-electron chi connectivity index (χ2n) is 4.76. The van der Waals surface area contributed by atoms with Crippen molar-refractivity contribution in [3.05, 3.63) is 34.3 Å². The Labute approximate surface area is 105 Å². The van der Waals surface area contributed by atoms with Gasteiger partial charge >= 0.3 is 5.76 Å². The summed E-state index contributed by atoms with van der Waals surface area (Å²) in [4.78, 5) is 13.7. The summed E-state index contributed by atoms with van der Waals surface area (Å²) in [6.07, 6.45) is 0. The zero-order valence-corrected chi connectivity index (χ0v) is 10.6. The molecule has 0 spiro atoms. The normalized spacial score (nSPS) is 13.3. The molecule has 0 aliphatic rings. The molecule has 5 heteroatoms. The largest absolute Gasteiger partial charge is 0.417 e. The number of hydrogen-bond acceptors (Lipinski definition) is 4. The molecule has 5 nitrogen and oxygen atoms in total. The first-order valence-corrected chi connectivity index (χ1v) is 6.06. The molecule has 1 heterocycles. The molecule has 0 saturated heterocycles. The lowest BCUT2D eigenvalue weighted by molar-refractivity contribution is 0.210. The van der Waals surface area contributed by atoms with E-state index < -0.39 is 5.76 Å². The first-order chi connectivity index (χ1) is 8.60. The zero-order chi connectivity index (χ0) is 13.1. The van der Waals surface area contributed by atoms with Crippen LogP contribution in [0.5, 0.6) is 0 Å². The minimum absolute atomic E-state index is 0.0732. The van der Waals surface area contributed by atoms with Crippen LogP contribution in [-0.4, -0.2) is 22.7 Å². The van der Waals surface area contributed by atoms with E-state index >= 15 is 0 Å². The van der Waals surface area contributed by atoms with Crippen LogP contribution in [0.3, 0.4) is 0 Å². The van der Waals surface area contributed by atoms with Crippen molar-refractivity contribution >= 4 is 11.1 Å². The second kappa shape index (κ2) is 5.37. The van der Waals surface area contributed by atoms with E-state index in [4.69, 9.17) is 4.42 Å². The maximum atomic E-state index is 11.0. The minimum atomic E-state index is -0.439. The summed E-state index contributed by atoms with van der Waals surface area (Å²) >= 11 is 0. The third-order valence-electron chi connectivity index (χ3n) is 3.05. The summed E-state index contributed by atoms with van der Waals surface area (Å²) in [6.45, 7) is 4.88. The Morgan fingerprint density at radius 1 is 1.44 bits per heavy atom. The number of H-pyrrole nitrogens is 1. The molecule has 0 amide bonds. The zero-order valence-electron chi connectivity index (χ0n) is 10.6. The Bertz CT molecular complexity index is 571. The fraction of sp³-hybridized carbons (Fsp3) is 0.462. The van der Waals surface area contributed by atoms with E-state index in [-0.39, 0.29) is 12.6 Å². The Morgan fingerprint density at radius 2 is 2.22 bits per heavy atom. The summed E-state index contributed by atoms with van der Waals surface area (Å²) < 4.78 is 4.94. The van der Waals surface area contributed by atoms with Crippen LogP contribution in [0.15, 0.2) is 27.4 Å². The number of aromatic nitrogens is 1. The number of aromatic amines is 1. The lowest BCUT2D eigenvalue weighted by Gasteiger charge is -2.19. The third kappa shape index (κ3) is 2.80. The fourth-order valence-corrected chi connectivity index (χ4v) is 1.87. The molecule has 0 aliphatic carbocycles. The summed E-state index contributed by atoms with van der Waals surface area (Å²) in [5.41, 5.74) is 2.30. The molecule has 98 valence electrons. The Balaban J connectivity index is 2.09. The summed E-state index contributed by atoms with van der Waals surface area (Å²) in [5, 5.41) is 12.5. The molecule has 0 radical (unpaired) electrons. The van der Waals surface area contributed by atoms with Gasteiger partial charge in [0.25, 0.3) is 0 Å². The van der Waals surface area contributed by atoms with Gasteiger partial charge in [-0.1, -0.05) is 19.9 Å². The van der Waals surface area contributed by atoms with Crippen molar-refractivity contribution in [1.29, 1.82) is 0 Å². The topological polar surface area (TPSA) is 78.3 Å². The SMILES string of the molecule is CC(C)C(CO)NCc1ccc2oc(=O)[nH]c2c1. The van der Waals surface area contributed by atoms with Crippen LogP contribution in [0, 0.1) is 5.92 Å². The van der Waals surface area contributed by atoms with Gasteiger partial charge in [0.05, 0.1) is 12.1 Å². The number of oxazole rings is 1. The lowest BCUT2D eigenvalue weighted by atomic mass is 10.1. The van der Waals surface area contributed by atoms with Gasteiger partial charge < -0.3 is 14.8 Å². The molecular formula is C13H18N2O3. The molecule has 1 unspecified atom stereocenters. The van der Waals surface area contributed by atoms with Gasteiger partial charge in [0.2, 0.25) is 0 Å². The molecule has 1 aromatic heterocycles. The van der Waals surface area contributed by atoms with Gasteiger partial charge in [0.1, 0.15) is 0 Å². The predicted molar refractivity (Wildman–Crippen MR) is 69.4 cm³/mol. The van der Waals surface area contributed by atoms with Crippen molar-refractivity contribution in [2.45, 2.75) is 26.4 Å². The van der Waals surface area contributed by atoms with E-state index in [0.29, 0.717) is 23.6 Å². The summed E-state index contributed by atoms with van der Waals surface area (Å²) in [5.74, 6) is -0.0713. The van der Waals surface area contributed by atoms with Gasteiger partial charge in [-0.15, -0.1) is 0 Å². The summed E-state index contributed by atoms with van der Waals surface area (Å²) in [6, 6.07) is 5.63. The molecular weight excluding hydrogens is 232 g/mol. The first-order valence-electron chi connectivity index (χ1n) is 6.06. The second-order valence-corrected chi connectivity index (χ2v) is 4.76. The first kappa shape index (κ1) is 12.9. The molecule has 0 fully saturated rings. The van der Waals surface area contributed by atoms with Gasteiger partial charge in [-0.25, -0.2) is 4.79 Å². The average Bonchev–Trinajstić information content (AvgIpc) is 2.68. The number of nitrogens with one attached hydrogen (secondary N) is 2. The molecule has 0 bridgehead atoms. The smallest absolute Gasteiger partial charge is 0.408 e. The van der Waals surface area contributed by atoms with Gasteiger partial charge in [-0.2, -0.15) is 0 Å². The van der Waals surface area contributed by atoms with Crippen LogP contribution in [0.4, 0.5) is 0 Å². The number of rotatable bonds is 5. The Kier molecular flexibility index (Phi) is 3.84. The highest BCUT2D eigenvalue weighted by molar-refractivity contribution is 5.72. The molecule has 0 aliphatic heterocycles. The predicted octanol–water partition coefficient (Wildman–Crippen LogP) is 1.23.